The van der Waals surface area contributed by atoms with Gasteiger partial charge < -0.3 is 9.80 Å². The van der Waals surface area contributed by atoms with E-state index in [4.69, 9.17) is 0 Å². The molecule has 3 nitrogen and oxygen atoms in total. The summed E-state index contributed by atoms with van der Waals surface area (Å²) in [5.74, 6) is 0.881. The van der Waals surface area contributed by atoms with Gasteiger partial charge in [0.25, 0.3) is 5.91 Å². The van der Waals surface area contributed by atoms with Crippen LogP contribution in [-0.2, 0) is 11.3 Å². The number of rotatable bonds is 8. The zero-order valence-electron chi connectivity index (χ0n) is 16.8. The van der Waals surface area contributed by atoms with E-state index in [2.05, 4.69) is 38.1 Å². The van der Waals surface area contributed by atoms with Crippen LogP contribution in [0.1, 0.15) is 41.8 Å². The highest BCUT2D eigenvalue weighted by atomic mass is 32.2. The molecule has 1 aliphatic rings. The Bertz CT molecular complexity index is 763. The number of amides is 1. The van der Waals surface area contributed by atoms with E-state index in [9.17, 15) is 9.18 Å². The highest BCUT2D eigenvalue weighted by molar-refractivity contribution is 7.99. The van der Waals surface area contributed by atoms with Crippen LogP contribution in [0, 0.1) is 12.7 Å². The number of aryl methyl sites for hydroxylation is 1. The first kappa shape index (κ1) is 20.9. The van der Waals surface area contributed by atoms with Crippen LogP contribution in [0.5, 0.6) is 0 Å². The van der Waals surface area contributed by atoms with Crippen molar-refractivity contribution in [3.8, 4) is 0 Å². The maximum Gasteiger partial charge on any atom is 0.278 e. The van der Waals surface area contributed by atoms with Crippen molar-refractivity contribution in [1.82, 2.24) is 4.90 Å². The predicted octanol–water partition coefficient (Wildman–Crippen LogP) is 3.59. The average molecular weight is 402 g/mol. The molecule has 1 saturated heterocycles. The summed E-state index contributed by atoms with van der Waals surface area (Å²) in [6, 6.07) is 15.2. The minimum atomic E-state index is -0.238. The van der Waals surface area contributed by atoms with Crippen molar-refractivity contribution in [2.75, 3.05) is 25.4 Å². The van der Waals surface area contributed by atoms with E-state index in [0.717, 1.165) is 43.8 Å². The van der Waals surface area contributed by atoms with Crippen molar-refractivity contribution < 1.29 is 14.1 Å². The summed E-state index contributed by atoms with van der Waals surface area (Å²) in [6.45, 7) is 7.42. The fraction of sp³-hybridized carbons (Fsp3) is 0.435. The van der Waals surface area contributed by atoms with Gasteiger partial charge in [-0.3, -0.25) is 4.79 Å². The number of thioether (sulfide) groups is 1. The standard InChI is InChI=1S/C23H29FN2OS/c1-3-4-13-25(16-19-7-5-18(2)6-8-19)17-22(27)26-14-15-28-23(26)20-9-11-21(24)12-10-20/h5-12,23H,3-4,13-17H2,1-2H3/p+1/t23-/m1/s1. The molecule has 1 unspecified atom stereocenters. The summed E-state index contributed by atoms with van der Waals surface area (Å²) in [6.07, 6.45) is 2.24. The number of carbonyl (C=O) groups is 1. The molecule has 3 rings (SSSR count). The number of halogens is 1. The highest BCUT2D eigenvalue weighted by Gasteiger charge is 2.32. The molecule has 0 saturated carbocycles. The minimum absolute atomic E-state index is 0.0000926. The normalized spacial score (nSPS) is 17.7. The number of hydrogen-bond donors (Lipinski definition) is 1. The van der Waals surface area contributed by atoms with Crippen LogP contribution in [-0.4, -0.2) is 36.2 Å². The van der Waals surface area contributed by atoms with Gasteiger partial charge in [-0.15, -0.1) is 11.8 Å². The molecule has 2 aromatic rings. The molecular formula is C23H30FN2OS+. The Labute approximate surface area is 171 Å². The number of nitrogens with zero attached hydrogens (tertiary/aromatic N) is 1. The monoisotopic (exact) mass is 401 g/mol. The van der Waals surface area contributed by atoms with Gasteiger partial charge in [0.15, 0.2) is 6.54 Å². The number of hydrogen-bond acceptors (Lipinski definition) is 2. The van der Waals surface area contributed by atoms with Crippen molar-refractivity contribution in [2.24, 2.45) is 0 Å². The Morgan fingerprint density at radius 3 is 2.57 bits per heavy atom. The molecule has 5 heteroatoms. The van der Waals surface area contributed by atoms with Crippen LogP contribution in [0.4, 0.5) is 4.39 Å². The van der Waals surface area contributed by atoms with E-state index < -0.39 is 0 Å². The quantitative estimate of drug-likeness (QED) is 0.731. The molecule has 1 amide bonds. The molecule has 0 bridgehead atoms. The molecule has 1 heterocycles. The van der Waals surface area contributed by atoms with Gasteiger partial charge in [-0.1, -0.05) is 55.3 Å². The lowest BCUT2D eigenvalue weighted by atomic mass is 10.1. The third kappa shape index (κ3) is 5.58. The van der Waals surface area contributed by atoms with E-state index >= 15 is 0 Å². The molecular weight excluding hydrogens is 371 g/mol. The maximum atomic E-state index is 13.3. The Balaban J connectivity index is 1.67. The van der Waals surface area contributed by atoms with Crippen molar-refractivity contribution in [3.63, 3.8) is 0 Å². The van der Waals surface area contributed by atoms with Gasteiger partial charge in [0, 0.05) is 17.9 Å². The van der Waals surface area contributed by atoms with Crippen molar-refractivity contribution in [2.45, 2.75) is 38.6 Å². The third-order valence-electron chi connectivity index (χ3n) is 5.23. The van der Waals surface area contributed by atoms with E-state index in [1.807, 2.05) is 4.90 Å². The zero-order valence-corrected chi connectivity index (χ0v) is 17.6. The van der Waals surface area contributed by atoms with Gasteiger partial charge in [0.05, 0.1) is 6.54 Å². The van der Waals surface area contributed by atoms with E-state index in [-0.39, 0.29) is 17.1 Å². The second kappa shape index (κ2) is 10.1. The summed E-state index contributed by atoms with van der Waals surface area (Å²) in [4.78, 5) is 16.4. The first-order valence-electron chi connectivity index (χ1n) is 10.1. The largest absolute Gasteiger partial charge is 0.323 e. The summed E-state index contributed by atoms with van der Waals surface area (Å²) in [5.41, 5.74) is 3.53. The molecule has 0 spiro atoms. The number of quaternary nitrogens is 1. The van der Waals surface area contributed by atoms with Crippen LogP contribution in [0.25, 0.3) is 0 Å². The minimum Gasteiger partial charge on any atom is -0.323 e. The second-order valence-electron chi connectivity index (χ2n) is 7.55. The first-order chi connectivity index (χ1) is 13.6. The molecule has 0 aromatic heterocycles. The fourth-order valence-corrected chi connectivity index (χ4v) is 4.88. The van der Waals surface area contributed by atoms with Gasteiger partial charge in [-0.25, -0.2) is 4.39 Å². The van der Waals surface area contributed by atoms with Crippen molar-refractivity contribution in [3.05, 3.63) is 71.0 Å². The SMILES string of the molecule is CCCC[NH+](CC(=O)N1CCS[C@@H]1c1ccc(F)cc1)Cc1ccc(C)cc1. The first-order valence-corrected chi connectivity index (χ1v) is 11.2. The van der Waals surface area contributed by atoms with Crippen LogP contribution < -0.4 is 4.90 Å². The van der Waals surface area contributed by atoms with Crippen LogP contribution in [0.3, 0.4) is 0 Å². The Hall–Kier alpha value is -1.85. The van der Waals surface area contributed by atoms with Crippen LogP contribution in [0.2, 0.25) is 0 Å². The molecule has 0 aliphatic carbocycles. The predicted molar refractivity (Wildman–Crippen MR) is 114 cm³/mol. The van der Waals surface area contributed by atoms with Gasteiger partial charge in [-0.2, -0.15) is 0 Å². The van der Waals surface area contributed by atoms with Gasteiger partial charge in [0.1, 0.15) is 17.7 Å². The van der Waals surface area contributed by atoms with E-state index in [1.165, 1.54) is 28.2 Å². The Kier molecular flexibility index (Phi) is 7.51. The maximum absolute atomic E-state index is 13.3. The number of nitrogens with one attached hydrogen (secondary N) is 1. The third-order valence-corrected chi connectivity index (χ3v) is 6.49. The smallest absolute Gasteiger partial charge is 0.278 e. The molecule has 2 atom stereocenters. The molecule has 0 radical (unpaired) electrons. The van der Waals surface area contributed by atoms with E-state index in [1.54, 1.807) is 23.9 Å². The molecule has 1 fully saturated rings. The lowest BCUT2D eigenvalue weighted by Gasteiger charge is -2.27. The van der Waals surface area contributed by atoms with E-state index in [0.29, 0.717) is 6.54 Å². The number of benzene rings is 2. The highest BCUT2D eigenvalue weighted by Crippen LogP contribution is 2.37. The number of unbranched alkanes of at least 4 members (excludes halogenated alkanes) is 1. The second-order valence-corrected chi connectivity index (χ2v) is 8.74. The lowest BCUT2D eigenvalue weighted by molar-refractivity contribution is -0.906. The lowest BCUT2D eigenvalue weighted by Crippen LogP contribution is -3.12. The van der Waals surface area contributed by atoms with Crippen molar-refractivity contribution in [1.29, 1.82) is 0 Å². The summed E-state index contributed by atoms with van der Waals surface area (Å²) < 4.78 is 13.3. The topological polar surface area (TPSA) is 24.8 Å². The number of carbonyl (C=O) groups excluding carboxylic acids is 1. The van der Waals surface area contributed by atoms with Gasteiger partial charge in [0.2, 0.25) is 0 Å². The summed E-state index contributed by atoms with van der Waals surface area (Å²) in [5, 5.41) is -0.0000926. The van der Waals surface area contributed by atoms with Gasteiger partial charge >= 0.3 is 0 Å². The Morgan fingerprint density at radius 2 is 1.89 bits per heavy atom. The Morgan fingerprint density at radius 1 is 1.18 bits per heavy atom. The molecule has 1 aliphatic heterocycles. The van der Waals surface area contributed by atoms with Crippen LogP contribution >= 0.6 is 11.8 Å². The molecule has 2 aromatic carbocycles. The zero-order chi connectivity index (χ0) is 19.9. The molecule has 28 heavy (non-hydrogen) atoms. The van der Waals surface area contributed by atoms with Crippen LogP contribution in [0.15, 0.2) is 48.5 Å². The molecule has 1 N–H and O–H groups in total. The fourth-order valence-electron chi connectivity index (χ4n) is 3.61. The summed E-state index contributed by atoms with van der Waals surface area (Å²) in [7, 11) is 0. The summed E-state index contributed by atoms with van der Waals surface area (Å²) >= 11 is 1.76. The average Bonchev–Trinajstić information content (AvgIpc) is 3.18. The van der Waals surface area contributed by atoms with Gasteiger partial charge in [-0.05, 0) is 31.0 Å². The van der Waals surface area contributed by atoms with Crippen molar-refractivity contribution >= 4 is 17.7 Å². The molecule has 150 valence electrons.